The maximum Gasteiger partial charge on any atom is 0.294 e. The van der Waals surface area contributed by atoms with Gasteiger partial charge in [-0.25, -0.2) is 0 Å². The Morgan fingerprint density at radius 3 is 2.42 bits per heavy atom. The second-order valence-corrected chi connectivity index (χ2v) is 10.0. The summed E-state index contributed by atoms with van der Waals surface area (Å²) in [6.07, 6.45) is 1.63. The molecule has 3 aromatic rings. The number of anilines is 1. The van der Waals surface area contributed by atoms with Crippen molar-refractivity contribution in [1.29, 1.82) is 0 Å². The van der Waals surface area contributed by atoms with Crippen LogP contribution in [0.3, 0.4) is 0 Å². The minimum Gasteiger partial charge on any atom is -0.489 e. The van der Waals surface area contributed by atoms with E-state index in [1.54, 1.807) is 24.3 Å². The van der Waals surface area contributed by atoms with E-state index in [0.717, 1.165) is 38.9 Å². The predicted octanol–water partition coefficient (Wildman–Crippen LogP) is 6.52. The normalized spacial score (nSPS) is 14.4. The molecule has 1 saturated heterocycles. The van der Waals surface area contributed by atoms with Crippen molar-refractivity contribution in [3.05, 3.63) is 98.4 Å². The van der Waals surface area contributed by atoms with Crippen LogP contribution in [0.15, 0.2) is 65.6 Å². The van der Waals surface area contributed by atoms with Gasteiger partial charge in [-0.1, -0.05) is 53.6 Å². The molecule has 0 unspecified atom stereocenters. The van der Waals surface area contributed by atoms with Crippen LogP contribution in [0.1, 0.15) is 27.8 Å². The standard InChI is InChI=1S/C28H25ClN2O4S/c1-17-11-18(2)26(19(3)12-17)30-25(32)15-31-27(33)24(36-28(31)34)14-21-5-4-6-23(13-21)35-16-20-7-9-22(29)10-8-20/h4-14H,15-16H2,1-3H3,(H,30,32)/b24-14+. The second kappa shape index (κ2) is 11.0. The number of thioether (sulfide) groups is 1. The summed E-state index contributed by atoms with van der Waals surface area (Å²) in [5.41, 5.74) is 5.33. The zero-order chi connectivity index (χ0) is 25.8. The summed E-state index contributed by atoms with van der Waals surface area (Å²) in [6, 6.07) is 18.6. The highest BCUT2D eigenvalue weighted by atomic mass is 35.5. The van der Waals surface area contributed by atoms with E-state index >= 15 is 0 Å². The number of ether oxygens (including phenoxy) is 1. The van der Waals surface area contributed by atoms with Gasteiger partial charge in [0, 0.05) is 10.7 Å². The van der Waals surface area contributed by atoms with Crippen molar-refractivity contribution < 1.29 is 19.1 Å². The minimum atomic E-state index is -0.495. The molecule has 1 heterocycles. The van der Waals surface area contributed by atoms with Gasteiger partial charge >= 0.3 is 0 Å². The smallest absolute Gasteiger partial charge is 0.294 e. The highest BCUT2D eigenvalue weighted by Crippen LogP contribution is 2.33. The Hall–Kier alpha value is -3.55. The number of benzene rings is 3. The van der Waals surface area contributed by atoms with Crippen LogP contribution < -0.4 is 10.1 Å². The van der Waals surface area contributed by atoms with Gasteiger partial charge in [0.05, 0.1) is 4.91 Å². The van der Waals surface area contributed by atoms with E-state index in [1.807, 2.05) is 63.2 Å². The Morgan fingerprint density at radius 2 is 1.72 bits per heavy atom. The fraction of sp³-hybridized carbons (Fsp3) is 0.179. The third-order valence-electron chi connectivity index (χ3n) is 5.59. The van der Waals surface area contributed by atoms with Crippen LogP contribution in [0, 0.1) is 20.8 Å². The zero-order valence-corrected chi connectivity index (χ0v) is 21.7. The highest BCUT2D eigenvalue weighted by molar-refractivity contribution is 8.18. The topological polar surface area (TPSA) is 75.7 Å². The van der Waals surface area contributed by atoms with Gasteiger partial charge in [0.25, 0.3) is 11.1 Å². The number of nitrogens with one attached hydrogen (secondary N) is 1. The molecule has 0 aromatic heterocycles. The van der Waals surface area contributed by atoms with E-state index in [9.17, 15) is 14.4 Å². The van der Waals surface area contributed by atoms with E-state index in [0.29, 0.717) is 28.6 Å². The van der Waals surface area contributed by atoms with E-state index in [-0.39, 0.29) is 11.4 Å². The third kappa shape index (κ3) is 6.17. The van der Waals surface area contributed by atoms with Crippen molar-refractivity contribution in [2.45, 2.75) is 27.4 Å². The summed E-state index contributed by atoms with van der Waals surface area (Å²) >= 11 is 6.73. The number of aryl methyl sites for hydroxylation is 3. The average molecular weight is 521 g/mol. The lowest BCUT2D eigenvalue weighted by molar-refractivity contribution is -0.127. The molecule has 4 rings (SSSR count). The van der Waals surface area contributed by atoms with Gasteiger partial charge in [-0.15, -0.1) is 0 Å². The molecular formula is C28H25ClN2O4S. The molecular weight excluding hydrogens is 496 g/mol. The molecule has 3 aromatic carbocycles. The van der Waals surface area contributed by atoms with Crippen LogP contribution >= 0.6 is 23.4 Å². The largest absolute Gasteiger partial charge is 0.489 e. The Morgan fingerprint density at radius 1 is 1.03 bits per heavy atom. The second-order valence-electron chi connectivity index (χ2n) is 8.58. The predicted molar refractivity (Wildman–Crippen MR) is 144 cm³/mol. The minimum absolute atomic E-state index is 0.255. The highest BCUT2D eigenvalue weighted by Gasteiger charge is 2.36. The van der Waals surface area contributed by atoms with E-state index in [2.05, 4.69) is 5.32 Å². The SMILES string of the molecule is Cc1cc(C)c(NC(=O)CN2C(=O)S/C(=C/c3cccc(OCc4ccc(Cl)cc4)c3)C2=O)c(C)c1. The summed E-state index contributed by atoms with van der Waals surface area (Å²) in [4.78, 5) is 39.3. The van der Waals surface area contributed by atoms with Crippen LogP contribution in [0.5, 0.6) is 5.75 Å². The van der Waals surface area contributed by atoms with Crippen LogP contribution in [0.2, 0.25) is 5.02 Å². The van der Waals surface area contributed by atoms with Gasteiger partial charge in [-0.2, -0.15) is 0 Å². The molecule has 6 nitrogen and oxygen atoms in total. The van der Waals surface area contributed by atoms with Crippen molar-refractivity contribution >= 4 is 52.2 Å². The lowest BCUT2D eigenvalue weighted by Gasteiger charge is -2.15. The first-order chi connectivity index (χ1) is 17.2. The molecule has 184 valence electrons. The average Bonchev–Trinajstić information content (AvgIpc) is 3.08. The first kappa shape index (κ1) is 25.5. The van der Waals surface area contributed by atoms with Crippen molar-refractivity contribution in [3.63, 3.8) is 0 Å². The monoisotopic (exact) mass is 520 g/mol. The first-order valence-electron chi connectivity index (χ1n) is 11.3. The first-order valence-corrected chi connectivity index (χ1v) is 12.5. The molecule has 1 aliphatic heterocycles. The van der Waals surface area contributed by atoms with Gasteiger partial charge in [-0.05, 0) is 85.1 Å². The fourth-order valence-electron chi connectivity index (χ4n) is 3.93. The van der Waals surface area contributed by atoms with Gasteiger partial charge in [-0.3, -0.25) is 19.3 Å². The van der Waals surface area contributed by atoms with E-state index in [1.165, 1.54) is 0 Å². The molecule has 36 heavy (non-hydrogen) atoms. The van der Waals surface area contributed by atoms with E-state index < -0.39 is 17.1 Å². The third-order valence-corrected chi connectivity index (χ3v) is 6.75. The Labute approximate surface area is 219 Å². The number of carbonyl (C=O) groups excluding carboxylic acids is 3. The molecule has 0 radical (unpaired) electrons. The number of rotatable bonds is 7. The van der Waals surface area contributed by atoms with Crippen molar-refractivity contribution in [2.24, 2.45) is 0 Å². The van der Waals surface area contributed by atoms with E-state index in [4.69, 9.17) is 16.3 Å². The molecule has 0 aliphatic carbocycles. The Bertz CT molecular complexity index is 1350. The van der Waals surface area contributed by atoms with Gasteiger partial charge < -0.3 is 10.1 Å². The van der Waals surface area contributed by atoms with Crippen LogP contribution in [0.4, 0.5) is 10.5 Å². The number of hydrogen-bond donors (Lipinski definition) is 1. The summed E-state index contributed by atoms with van der Waals surface area (Å²) in [6.45, 7) is 5.82. The number of halogens is 1. The lowest BCUT2D eigenvalue weighted by Crippen LogP contribution is -2.36. The summed E-state index contributed by atoms with van der Waals surface area (Å²) < 4.78 is 5.85. The van der Waals surface area contributed by atoms with Crippen LogP contribution in [-0.4, -0.2) is 28.5 Å². The molecule has 3 amide bonds. The zero-order valence-electron chi connectivity index (χ0n) is 20.1. The van der Waals surface area contributed by atoms with Crippen LogP contribution in [0.25, 0.3) is 6.08 Å². The molecule has 1 N–H and O–H groups in total. The number of carbonyl (C=O) groups is 3. The molecule has 0 bridgehead atoms. The summed E-state index contributed by atoms with van der Waals surface area (Å²) in [7, 11) is 0. The molecule has 1 aliphatic rings. The van der Waals surface area contributed by atoms with Crippen molar-refractivity contribution in [2.75, 3.05) is 11.9 Å². The van der Waals surface area contributed by atoms with Crippen LogP contribution in [-0.2, 0) is 16.2 Å². The number of imide groups is 1. The Balaban J connectivity index is 1.41. The van der Waals surface area contributed by atoms with Gasteiger partial charge in [0.1, 0.15) is 18.9 Å². The number of amides is 3. The summed E-state index contributed by atoms with van der Waals surface area (Å²) in [5, 5.41) is 3.02. The van der Waals surface area contributed by atoms with Gasteiger partial charge in [0.2, 0.25) is 5.91 Å². The maximum atomic E-state index is 12.9. The number of nitrogens with zero attached hydrogens (tertiary/aromatic N) is 1. The molecule has 0 saturated carbocycles. The molecule has 8 heteroatoms. The fourth-order valence-corrected chi connectivity index (χ4v) is 4.89. The maximum absolute atomic E-state index is 12.9. The molecule has 0 atom stereocenters. The van der Waals surface area contributed by atoms with Gasteiger partial charge in [0.15, 0.2) is 0 Å². The number of hydrogen-bond acceptors (Lipinski definition) is 5. The molecule has 0 spiro atoms. The summed E-state index contributed by atoms with van der Waals surface area (Å²) in [5.74, 6) is -0.294. The van der Waals surface area contributed by atoms with Crippen molar-refractivity contribution in [3.8, 4) is 5.75 Å². The molecule has 1 fully saturated rings. The Kier molecular flexibility index (Phi) is 7.82. The lowest BCUT2D eigenvalue weighted by atomic mass is 10.1. The van der Waals surface area contributed by atoms with Crippen molar-refractivity contribution in [1.82, 2.24) is 4.90 Å². The quantitative estimate of drug-likeness (QED) is 0.359.